The third kappa shape index (κ3) is 6.85. The van der Waals surface area contributed by atoms with Crippen molar-refractivity contribution in [2.45, 2.75) is 38.8 Å². The Balaban J connectivity index is 0.00000450. The van der Waals surface area contributed by atoms with E-state index in [4.69, 9.17) is 4.74 Å². The Morgan fingerprint density at radius 2 is 1.93 bits per heavy atom. The van der Waals surface area contributed by atoms with Crippen LogP contribution < -0.4 is 20.1 Å². The smallest absolute Gasteiger partial charge is 0.387 e. The summed E-state index contributed by atoms with van der Waals surface area (Å²) >= 11 is 0. The molecular weight excluding hydrogens is 509 g/mol. The van der Waals surface area contributed by atoms with Crippen LogP contribution in [0.15, 0.2) is 23.2 Å². The van der Waals surface area contributed by atoms with Gasteiger partial charge in [-0.15, -0.1) is 24.0 Å². The molecule has 1 aliphatic rings. The minimum absolute atomic E-state index is 0. The number of hydrogen-bond acceptors (Lipinski definition) is 4. The van der Waals surface area contributed by atoms with Gasteiger partial charge < -0.3 is 25.0 Å². The summed E-state index contributed by atoms with van der Waals surface area (Å²) in [4.78, 5) is 18.5. The van der Waals surface area contributed by atoms with Gasteiger partial charge in [0.2, 0.25) is 5.91 Å². The average Bonchev–Trinajstić information content (AvgIpc) is 3.17. The van der Waals surface area contributed by atoms with Gasteiger partial charge in [-0.05, 0) is 25.0 Å². The van der Waals surface area contributed by atoms with Crippen LogP contribution in [0.4, 0.5) is 8.78 Å². The molecule has 0 bridgehead atoms. The number of alkyl halides is 2. The zero-order valence-corrected chi connectivity index (χ0v) is 20.2. The van der Waals surface area contributed by atoms with Gasteiger partial charge in [0.1, 0.15) is 11.5 Å². The highest BCUT2D eigenvalue weighted by atomic mass is 127. The third-order valence-electron chi connectivity index (χ3n) is 5.18. The molecule has 1 fully saturated rings. The molecule has 0 unspecified atom stereocenters. The average molecular weight is 540 g/mol. The lowest BCUT2D eigenvalue weighted by molar-refractivity contribution is -0.138. The number of nitrogens with zero attached hydrogens (tertiary/aromatic N) is 2. The lowest BCUT2D eigenvalue weighted by Gasteiger charge is -2.31. The number of halogens is 3. The Kier molecular flexibility index (Phi) is 10.6. The summed E-state index contributed by atoms with van der Waals surface area (Å²) in [6, 6.07) is 4.75. The fraction of sp³-hybridized carbons (Fsp3) is 0.600. The molecule has 1 aromatic carbocycles. The summed E-state index contributed by atoms with van der Waals surface area (Å²) in [5, 5.41) is 6.31. The summed E-state index contributed by atoms with van der Waals surface area (Å²) in [7, 11) is 6.61. The Morgan fingerprint density at radius 1 is 1.27 bits per heavy atom. The molecule has 0 spiro atoms. The van der Waals surface area contributed by atoms with E-state index < -0.39 is 12.0 Å². The molecule has 0 radical (unpaired) electrons. The van der Waals surface area contributed by atoms with Crippen LogP contribution in [0.1, 0.15) is 31.2 Å². The van der Waals surface area contributed by atoms with E-state index in [0.717, 1.165) is 25.7 Å². The summed E-state index contributed by atoms with van der Waals surface area (Å²) in [6.07, 6.45) is 3.71. The first-order valence-corrected chi connectivity index (χ1v) is 9.59. The topological polar surface area (TPSA) is 75.2 Å². The zero-order chi connectivity index (χ0) is 21.4. The minimum Gasteiger partial charge on any atom is -0.497 e. The molecule has 0 atom stereocenters. The van der Waals surface area contributed by atoms with Crippen LogP contribution in [-0.2, 0) is 11.3 Å². The van der Waals surface area contributed by atoms with Gasteiger partial charge in [0.15, 0.2) is 5.96 Å². The normalized spacial score (nSPS) is 15.4. The van der Waals surface area contributed by atoms with Gasteiger partial charge in [-0.1, -0.05) is 12.8 Å². The summed E-state index contributed by atoms with van der Waals surface area (Å²) in [6.45, 7) is -2.25. The monoisotopic (exact) mass is 540 g/mol. The third-order valence-corrected chi connectivity index (χ3v) is 5.18. The van der Waals surface area contributed by atoms with Gasteiger partial charge in [-0.25, -0.2) is 0 Å². The van der Waals surface area contributed by atoms with E-state index in [1.807, 2.05) is 0 Å². The Bertz CT molecular complexity index is 726. The lowest BCUT2D eigenvalue weighted by atomic mass is 9.84. The number of nitrogens with one attached hydrogen (secondary N) is 2. The second kappa shape index (κ2) is 12.1. The molecule has 0 aromatic heterocycles. The number of carbonyl (C=O) groups is 1. The van der Waals surface area contributed by atoms with Crippen molar-refractivity contribution in [1.82, 2.24) is 15.5 Å². The molecule has 0 saturated heterocycles. The number of aliphatic imine (C=N–C) groups is 1. The van der Waals surface area contributed by atoms with Crippen molar-refractivity contribution in [2.24, 2.45) is 10.4 Å². The molecule has 1 aliphatic carbocycles. The van der Waals surface area contributed by atoms with Crippen molar-refractivity contribution in [3.8, 4) is 11.5 Å². The van der Waals surface area contributed by atoms with E-state index in [1.54, 1.807) is 38.2 Å². The largest absolute Gasteiger partial charge is 0.497 e. The van der Waals surface area contributed by atoms with Crippen molar-refractivity contribution >= 4 is 35.8 Å². The highest BCUT2D eigenvalue weighted by Gasteiger charge is 2.42. The van der Waals surface area contributed by atoms with E-state index in [1.165, 1.54) is 13.2 Å². The lowest BCUT2D eigenvalue weighted by Crippen LogP contribution is -2.49. The Labute approximate surface area is 193 Å². The highest BCUT2D eigenvalue weighted by Crippen LogP contribution is 2.38. The minimum atomic E-state index is -2.93. The van der Waals surface area contributed by atoms with E-state index >= 15 is 0 Å². The van der Waals surface area contributed by atoms with Crippen molar-refractivity contribution in [3.05, 3.63) is 23.8 Å². The van der Waals surface area contributed by atoms with Crippen LogP contribution >= 0.6 is 24.0 Å². The van der Waals surface area contributed by atoms with Crippen molar-refractivity contribution in [2.75, 3.05) is 34.8 Å². The number of ether oxygens (including phenoxy) is 2. The standard InChI is InChI=1S/C20H30F2N4O3.HI/c1-23-19(25-13-20(9-5-6-10-20)17(27)26(2)3)24-12-14-7-8-15(28-4)11-16(14)29-18(21)22;/h7-8,11,18H,5-6,9-10,12-13H2,1-4H3,(H2,23,24,25);1H. The second-order valence-corrected chi connectivity index (χ2v) is 7.32. The van der Waals surface area contributed by atoms with Gasteiger partial charge in [0.05, 0.1) is 12.5 Å². The van der Waals surface area contributed by atoms with Crippen LogP contribution in [0.5, 0.6) is 11.5 Å². The maximum Gasteiger partial charge on any atom is 0.387 e. The predicted octanol–water partition coefficient (Wildman–Crippen LogP) is 3.23. The predicted molar refractivity (Wildman–Crippen MR) is 123 cm³/mol. The molecule has 0 heterocycles. The molecule has 10 heteroatoms. The van der Waals surface area contributed by atoms with Crippen LogP contribution in [0.25, 0.3) is 0 Å². The summed E-state index contributed by atoms with van der Waals surface area (Å²) in [5.74, 6) is 1.07. The molecular formula is C20H31F2IN4O3. The van der Waals surface area contributed by atoms with Crippen LogP contribution in [0.2, 0.25) is 0 Å². The van der Waals surface area contributed by atoms with Gasteiger partial charge in [0, 0.05) is 45.9 Å². The summed E-state index contributed by atoms with van der Waals surface area (Å²) in [5.41, 5.74) is 0.0968. The van der Waals surface area contributed by atoms with Crippen molar-refractivity contribution in [3.63, 3.8) is 0 Å². The first-order valence-electron chi connectivity index (χ1n) is 9.59. The first kappa shape index (κ1) is 26.2. The molecule has 1 aromatic rings. The molecule has 30 heavy (non-hydrogen) atoms. The Morgan fingerprint density at radius 3 is 2.47 bits per heavy atom. The number of methoxy groups -OCH3 is 1. The van der Waals surface area contributed by atoms with E-state index in [-0.39, 0.29) is 42.2 Å². The number of carbonyl (C=O) groups excluding carboxylic acids is 1. The number of rotatable bonds is 8. The number of amides is 1. The maximum absolute atomic E-state index is 12.7. The van der Waals surface area contributed by atoms with E-state index in [2.05, 4.69) is 20.4 Å². The van der Waals surface area contributed by atoms with Crippen LogP contribution in [0.3, 0.4) is 0 Å². The van der Waals surface area contributed by atoms with E-state index in [0.29, 0.717) is 23.8 Å². The molecule has 1 saturated carbocycles. The number of guanidine groups is 1. The SMILES string of the molecule is CN=C(NCc1ccc(OC)cc1OC(F)F)NCC1(C(=O)N(C)C)CCCC1.I. The van der Waals surface area contributed by atoms with Crippen molar-refractivity contribution < 1.29 is 23.0 Å². The van der Waals surface area contributed by atoms with Gasteiger partial charge in [0.25, 0.3) is 0 Å². The maximum atomic E-state index is 12.7. The van der Waals surface area contributed by atoms with Crippen LogP contribution in [-0.4, -0.2) is 58.2 Å². The molecule has 170 valence electrons. The quantitative estimate of drug-likeness (QED) is 0.301. The first-order chi connectivity index (χ1) is 13.8. The molecule has 7 nitrogen and oxygen atoms in total. The molecule has 2 rings (SSSR count). The van der Waals surface area contributed by atoms with Gasteiger partial charge in [-0.2, -0.15) is 8.78 Å². The molecule has 0 aliphatic heterocycles. The number of benzene rings is 1. The zero-order valence-electron chi connectivity index (χ0n) is 17.8. The van der Waals surface area contributed by atoms with Gasteiger partial charge in [-0.3, -0.25) is 9.79 Å². The van der Waals surface area contributed by atoms with Gasteiger partial charge >= 0.3 is 6.61 Å². The van der Waals surface area contributed by atoms with Crippen molar-refractivity contribution in [1.29, 1.82) is 0 Å². The number of hydrogen-bond donors (Lipinski definition) is 2. The summed E-state index contributed by atoms with van der Waals surface area (Å²) < 4.78 is 35.1. The fourth-order valence-electron chi connectivity index (χ4n) is 3.66. The molecule has 2 N–H and O–H groups in total. The Hall–Kier alpha value is -1.85. The van der Waals surface area contributed by atoms with Crippen LogP contribution in [0, 0.1) is 5.41 Å². The fourth-order valence-corrected chi connectivity index (χ4v) is 3.66. The molecule has 1 amide bonds. The second-order valence-electron chi connectivity index (χ2n) is 7.32. The highest BCUT2D eigenvalue weighted by molar-refractivity contribution is 14.0. The van der Waals surface area contributed by atoms with E-state index in [9.17, 15) is 13.6 Å².